The van der Waals surface area contributed by atoms with Gasteiger partial charge < -0.3 is 14.6 Å². The Balaban J connectivity index is 2.16. The molecule has 2 rings (SSSR count). The third-order valence-electron chi connectivity index (χ3n) is 3.36. The summed E-state index contributed by atoms with van der Waals surface area (Å²) in [7, 11) is 0. The Hall–Kier alpha value is -1.95. The lowest BCUT2D eigenvalue weighted by Gasteiger charge is -2.15. The molecule has 2 N–H and O–H groups in total. The van der Waals surface area contributed by atoms with Gasteiger partial charge in [-0.15, -0.1) is 0 Å². The molecular weight excluding hydrogens is 278 g/mol. The van der Waals surface area contributed by atoms with Gasteiger partial charge >= 0.3 is 5.69 Å². The first-order valence-electron chi connectivity index (χ1n) is 6.63. The van der Waals surface area contributed by atoms with Gasteiger partial charge in [0.2, 0.25) is 0 Å². The second kappa shape index (κ2) is 6.67. The van der Waals surface area contributed by atoms with E-state index in [4.69, 9.17) is 14.7 Å². The van der Waals surface area contributed by atoms with Crippen LogP contribution in [0.5, 0.6) is 0 Å². The molecule has 3 atom stereocenters. The summed E-state index contributed by atoms with van der Waals surface area (Å²) in [6.45, 7) is 1.59. The van der Waals surface area contributed by atoms with E-state index in [1.54, 1.807) is 6.92 Å². The number of H-pyrrole nitrogens is 1. The summed E-state index contributed by atoms with van der Waals surface area (Å²) in [6, 6.07) is 1.97. The van der Waals surface area contributed by atoms with Gasteiger partial charge in [0, 0.05) is 18.2 Å². The molecule has 1 saturated heterocycles. The topological polar surface area (TPSA) is 117 Å². The van der Waals surface area contributed by atoms with E-state index in [1.807, 2.05) is 6.07 Å². The largest absolute Gasteiger partial charge is 0.394 e. The van der Waals surface area contributed by atoms with Crippen molar-refractivity contribution in [3.05, 3.63) is 32.6 Å². The summed E-state index contributed by atoms with van der Waals surface area (Å²) in [5.41, 5.74) is -0.604. The van der Waals surface area contributed by atoms with E-state index in [1.165, 1.54) is 10.8 Å². The molecule has 1 fully saturated rings. The molecule has 1 aromatic rings. The molecule has 0 radical (unpaired) electrons. The van der Waals surface area contributed by atoms with Crippen LogP contribution in [0.1, 0.15) is 24.6 Å². The number of ether oxygens (including phenoxy) is 2. The molecule has 0 spiro atoms. The number of hydrogen-bond donors (Lipinski definition) is 2. The van der Waals surface area contributed by atoms with Crippen LogP contribution in [-0.4, -0.2) is 40.1 Å². The fourth-order valence-corrected chi connectivity index (χ4v) is 2.27. The van der Waals surface area contributed by atoms with Gasteiger partial charge in [0.1, 0.15) is 12.3 Å². The van der Waals surface area contributed by atoms with E-state index >= 15 is 0 Å². The van der Waals surface area contributed by atoms with Crippen molar-refractivity contribution >= 4 is 0 Å². The van der Waals surface area contributed by atoms with E-state index in [0.29, 0.717) is 12.0 Å². The normalized spacial score (nSPS) is 24.9. The number of aromatic amines is 1. The molecule has 0 amide bonds. The van der Waals surface area contributed by atoms with Gasteiger partial charge in [-0.2, -0.15) is 5.26 Å². The first-order valence-corrected chi connectivity index (χ1v) is 6.63. The predicted molar refractivity (Wildman–Crippen MR) is 71.6 cm³/mol. The monoisotopic (exact) mass is 295 g/mol. The van der Waals surface area contributed by atoms with Crippen molar-refractivity contribution in [1.29, 1.82) is 5.26 Å². The highest BCUT2D eigenvalue weighted by atomic mass is 16.6. The molecule has 21 heavy (non-hydrogen) atoms. The van der Waals surface area contributed by atoms with Gasteiger partial charge in [-0.05, 0) is 6.92 Å². The maximum Gasteiger partial charge on any atom is 0.330 e. The Morgan fingerprint density at radius 3 is 3.05 bits per heavy atom. The van der Waals surface area contributed by atoms with Crippen molar-refractivity contribution < 1.29 is 14.6 Å². The molecule has 114 valence electrons. The maximum absolute atomic E-state index is 11.8. The quantitative estimate of drug-likeness (QED) is 0.702. The van der Waals surface area contributed by atoms with Crippen molar-refractivity contribution in [3.8, 4) is 6.07 Å². The molecule has 1 unspecified atom stereocenters. The number of nitrogens with one attached hydrogen (secondary N) is 1. The Morgan fingerprint density at radius 1 is 1.62 bits per heavy atom. The third-order valence-corrected chi connectivity index (χ3v) is 3.36. The Morgan fingerprint density at radius 2 is 2.38 bits per heavy atom. The number of aryl methyl sites for hydroxylation is 1. The molecule has 1 aliphatic heterocycles. The zero-order valence-corrected chi connectivity index (χ0v) is 11.6. The Labute approximate surface area is 120 Å². The highest BCUT2D eigenvalue weighted by Crippen LogP contribution is 2.29. The number of aliphatic hydroxyl groups is 1. The van der Waals surface area contributed by atoms with Crippen molar-refractivity contribution in [1.82, 2.24) is 9.55 Å². The van der Waals surface area contributed by atoms with Gasteiger partial charge in [-0.25, -0.2) is 4.79 Å². The zero-order chi connectivity index (χ0) is 15.4. The lowest BCUT2D eigenvalue weighted by atomic mass is 10.2. The number of nitriles is 1. The van der Waals surface area contributed by atoms with Crippen LogP contribution in [-0.2, 0) is 9.47 Å². The summed E-state index contributed by atoms with van der Waals surface area (Å²) in [5, 5.41) is 17.8. The molecule has 2 heterocycles. The van der Waals surface area contributed by atoms with Crippen molar-refractivity contribution in [2.45, 2.75) is 38.2 Å². The number of rotatable bonds is 5. The summed E-state index contributed by atoms with van der Waals surface area (Å²) >= 11 is 0. The predicted octanol–water partition coefficient (Wildman–Crippen LogP) is -0.576. The molecule has 1 aromatic heterocycles. The van der Waals surface area contributed by atoms with Crippen LogP contribution in [0, 0.1) is 18.3 Å². The van der Waals surface area contributed by atoms with Gasteiger partial charge in [-0.3, -0.25) is 14.3 Å². The minimum Gasteiger partial charge on any atom is -0.394 e. The molecule has 0 aromatic carbocycles. The minimum atomic E-state index is -0.614. The standard InChI is InChI=1S/C13H17N3O5/c1-8-6-16(13(19)15-12(8)18)11-5-9(10(7-17)21-11)20-4-2-3-14/h6,9-11,17H,2,4-5,7H2,1H3,(H,15,18,19)/t9?,10-,11-/m1/s1. The number of aromatic nitrogens is 2. The van der Waals surface area contributed by atoms with Crippen LogP contribution >= 0.6 is 0 Å². The number of hydrogen-bond acceptors (Lipinski definition) is 6. The Kier molecular flexibility index (Phi) is 4.90. The minimum absolute atomic E-state index is 0.243. The van der Waals surface area contributed by atoms with Gasteiger partial charge in [0.15, 0.2) is 0 Å². The number of nitrogens with zero attached hydrogens (tertiary/aromatic N) is 2. The number of aliphatic hydroxyl groups excluding tert-OH is 1. The molecule has 0 aliphatic carbocycles. The molecule has 8 nitrogen and oxygen atoms in total. The lowest BCUT2D eigenvalue weighted by Crippen LogP contribution is -2.33. The third kappa shape index (κ3) is 3.39. The molecular formula is C13H17N3O5. The van der Waals surface area contributed by atoms with Gasteiger partial charge in [0.05, 0.1) is 31.8 Å². The summed E-state index contributed by atoms with van der Waals surface area (Å²) in [4.78, 5) is 25.4. The van der Waals surface area contributed by atoms with Crippen LogP contribution in [0.3, 0.4) is 0 Å². The van der Waals surface area contributed by atoms with Crippen LogP contribution in [0.2, 0.25) is 0 Å². The second-order valence-corrected chi connectivity index (χ2v) is 4.84. The van der Waals surface area contributed by atoms with Crippen molar-refractivity contribution in [3.63, 3.8) is 0 Å². The first kappa shape index (κ1) is 15.4. The van der Waals surface area contributed by atoms with E-state index in [0.717, 1.165) is 0 Å². The van der Waals surface area contributed by atoms with Crippen LogP contribution in [0.4, 0.5) is 0 Å². The smallest absolute Gasteiger partial charge is 0.330 e. The highest BCUT2D eigenvalue weighted by molar-refractivity contribution is 5.02. The fourth-order valence-electron chi connectivity index (χ4n) is 2.27. The summed E-state index contributed by atoms with van der Waals surface area (Å²) in [5.74, 6) is 0. The molecule has 1 aliphatic rings. The van der Waals surface area contributed by atoms with E-state index in [9.17, 15) is 14.7 Å². The van der Waals surface area contributed by atoms with E-state index in [2.05, 4.69) is 4.98 Å². The van der Waals surface area contributed by atoms with Crippen molar-refractivity contribution in [2.75, 3.05) is 13.2 Å². The van der Waals surface area contributed by atoms with Crippen LogP contribution < -0.4 is 11.2 Å². The Bertz CT molecular complexity index is 644. The molecule has 0 saturated carbocycles. The van der Waals surface area contributed by atoms with Gasteiger partial charge in [-0.1, -0.05) is 0 Å². The maximum atomic E-state index is 11.8. The SMILES string of the molecule is Cc1cn([C@H]2CC(OCCC#N)[C@@H](CO)O2)c(=O)[nH]c1=O. The molecule has 0 bridgehead atoms. The average molecular weight is 295 g/mol. The van der Waals surface area contributed by atoms with Crippen LogP contribution in [0.25, 0.3) is 0 Å². The summed E-state index contributed by atoms with van der Waals surface area (Å²) in [6.07, 6.45) is 0.467. The van der Waals surface area contributed by atoms with Crippen LogP contribution in [0.15, 0.2) is 15.8 Å². The first-order chi connectivity index (χ1) is 10.1. The van der Waals surface area contributed by atoms with E-state index < -0.39 is 29.7 Å². The van der Waals surface area contributed by atoms with E-state index in [-0.39, 0.29) is 19.6 Å². The molecule has 8 heteroatoms. The highest BCUT2D eigenvalue weighted by Gasteiger charge is 2.37. The fraction of sp³-hybridized carbons (Fsp3) is 0.615. The van der Waals surface area contributed by atoms with Crippen molar-refractivity contribution in [2.24, 2.45) is 0 Å². The van der Waals surface area contributed by atoms with Gasteiger partial charge in [0.25, 0.3) is 5.56 Å². The zero-order valence-electron chi connectivity index (χ0n) is 11.6. The lowest BCUT2D eigenvalue weighted by molar-refractivity contribution is -0.0614. The second-order valence-electron chi connectivity index (χ2n) is 4.84. The summed E-state index contributed by atoms with van der Waals surface area (Å²) < 4.78 is 12.4. The average Bonchev–Trinajstić information content (AvgIpc) is 2.86.